The Kier molecular flexibility index (Phi) is 4.40. The molecule has 1 amide bonds. The highest BCUT2D eigenvalue weighted by Gasteiger charge is 2.12. The van der Waals surface area contributed by atoms with E-state index in [1.807, 2.05) is 32.0 Å². The van der Waals surface area contributed by atoms with Crippen LogP contribution in [0.5, 0.6) is 0 Å². The molecule has 0 fully saturated rings. The minimum atomic E-state index is -0.464. The fraction of sp³-hybridized carbons (Fsp3) is 0.188. The smallest absolute Gasteiger partial charge is 0.228 e. The first-order valence-corrected chi connectivity index (χ1v) is 6.65. The number of anilines is 1. The van der Waals surface area contributed by atoms with E-state index in [9.17, 15) is 9.18 Å². The van der Waals surface area contributed by atoms with Gasteiger partial charge in [-0.15, -0.1) is 0 Å². The van der Waals surface area contributed by atoms with Gasteiger partial charge in [0.1, 0.15) is 5.82 Å². The third kappa shape index (κ3) is 3.36. The Morgan fingerprint density at radius 2 is 2.00 bits per heavy atom. The van der Waals surface area contributed by atoms with Gasteiger partial charge in [0.2, 0.25) is 5.91 Å². The second-order valence-corrected chi connectivity index (χ2v) is 5.15. The maximum absolute atomic E-state index is 13.6. The number of nitrogens with one attached hydrogen (secondary N) is 1. The lowest BCUT2D eigenvalue weighted by molar-refractivity contribution is -0.115. The molecular weight excluding hydrogens is 277 g/mol. The lowest BCUT2D eigenvalue weighted by atomic mass is 10.1. The molecule has 0 aromatic heterocycles. The molecule has 0 aliphatic carbocycles. The van der Waals surface area contributed by atoms with Gasteiger partial charge in [0.05, 0.1) is 6.42 Å². The molecule has 104 valence electrons. The lowest BCUT2D eigenvalue weighted by Gasteiger charge is -2.10. The monoisotopic (exact) mass is 291 g/mol. The highest BCUT2D eigenvalue weighted by atomic mass is 35.5. The van der Waals surface area contributed by atoms with E-state index in [2.05, 4.69) is 5.32 Å². The summed E-state index contributed by atoms with van der Waals surface area (Å²) in [4.78, 5) is 12.0. The molecule has 0 radical (unpaired) electrons. The first-order valence-electron chi connectivity index (χ1n) is 6.27. The standard InChI is InChI=1S/C16H15ClFNO/c1-10-6-7-11(2)15(8-10)19-16(20)9-12-13(17)4-3-5-14(12)18/h3-8H,9H2,1-2H3,(H,19,20). The molecule has 0 atom stereocenters. The SMILES string of the molecule is Cc1ccc(C)c(NC(=O)Cc2c(F)cccc2Cl)c1. The number of amides is 1. The Labute approximate surface area is 122 Å². The van der Waals surface area contributed by atoms with Crippen LogP contribution in [-0.4, -0.2) is 5.91 Å². The molecule has 2 rings (SSSR count). The molecule has 4 heteroatoms. The van der Waals surface area contributed by atoms with E-state index in [-0.39, 0.29) is 22.9 Å². The summed E-state index contributed by atoms with van der Waals surface area (Å²) in [6.45, 7) is 3.86. The van der Waals surface area contributed by atoms with Gasteiger partial charge < -0.3 is 5.32 Å². The van der Waals surface area contributed by atoms with Crippen LogP contribution in [0.4, 0.5) is 10.1 Å². The second-order valence-electron chi connectivity index (χ2n) is 4.74. The number of benzene rings is 2. The highest BCUT2D eigenvalue weighted by Crippen LogP contribution is 2.21. The number of hydrogen-bond donors (Lipinski definition) is 1. The lowest BCUT2D eigenvalue weighted by Crippen LogP contribution is -2.16. The minimum absolute atomic E-state index is 0.0844. The normalized spacial score (nSPS) is 10.4. The largest absolute Gasteiger partial charge is 0.326 e. The van der Waals surface area contributed by atoms with Crippen LogP contribution in [0.2, 0.25) is 5.02 Å². The van der Waals surface area contributed by atoms with Crippen molar-refractivity contribution in [2.45, 2.75) is 20.3 Å². The van der Waals surface area contributed by atoms with Crippen molar-refractivity contribution in [2.75, 3.05) is 5.32 Å². The molecule has 20 heavy (non-hydrogen) atoms. The number of aryl methyl sites for hydroxylation is 2. The molecular formula is C16H15ClFNO. The van der Waals surface area contributed by atoms with Crippen molar-refractivity contribution in [3.63, 3.8) is 0 Å². The molecule has 0 unspecified atom stereocenters. The van der Waals surface area contributed by atoms with Crippen LogP contribution in [0, 0.1) is 19.7 Å². The van der Waals surface area contributed by atoms with Gasteiger partial charge in [-0.05, 0) is 43.2 Å². The fourth-order valence-electron chi connectivity index (χ4n) is 1.93. The zero-order chi connectivity index (χ0) is 14.7. The third-order valence-corrected chi connectivity index (χ3v) is 3.42. The molecule has 2 nitrogen and oxygen atoms in total. The number of halogens is 2. The molecule has 0 aliphatic heterocycles. The Morgan fingerprint density at radius 3 is 2.70 bits per heavy atom. The van der Waals surface area contributed by atoms with Gasteiger partial charge in [-0.3, -0.25) is 4.79 Å². The number of hydrogen-bond acceptors (Lipinski definition) is 1. The zero-order valence-electron chi connectivity index (χ0n) is 11.3. The molecule has 0 saturated heterocycles. The summed E-state index contributed by atoms with van der Waals surface area (Å²) in [6.07, 6.45) is -0.0844. The molecule has 2 aromatic carbocycles. The molecule has 0 spiro atoms. The molecule has 0 bridgehead atoms. The molecule has 0 heterocycles. The Hall–Kier alpha value is -1.87. The van der Waals surface area contributed by atoms with E-state index >= 15 is 0 Å². The van der Waals surface area contributed by atoms with Gasteiger partial charge in [0.15, 0.2) is 0 Å². The molecule has 2 aromatic rings. The van der Waals surface area contributed by atoms with E-state index in [0.717, 1.165) is 16.8 Å². The van der Waals surface area contributed by atoms with Crippen LogP contribution in [0.3, 0.4) is 0 Å². The number of carbonyl (C=O) groups excluding carboxylic acids is 1. The first-order chi connectivity index (χ1) is 9.47. The first kappa shape index (κ1) is 14.5. The summed E-state index contributed by atoms with van der Waals surface area (Å²) >= 11 is 5.91. The van der Waals surface area contributed by atoms with Crippen LogP contribution < -0.4 is 5.32 Å². The van der Waals surface area contributed by atoms with Crippen molar-refractivity contribution in [3.8, 4) is 0 Å². The van der Waals surface area contributed by atoms with Crippen LogP contribution in [-0.2, 0) is 11.2 Å². The van der Waals surface area contributed by atoms with Crippen LogP contribution >= 0.6 is 11.6 Å². The molecule has 0 saturated carbocycles. The average molecular weight is 292 g/mol. The van der Waals surface area contributed by atoms with Crippen LogP contribution in [0.25, 0.3) is 0 Å². The van der Waals surface area contributed by atoms with Crippen molar-refractivity contribution < 1.29 is 9.18 Å². The van der Waals surface area contributed by atoms with Gasteiger partial charge in [0.25, 0.3) is 0 Å². The van der Waals surface area contributed by atoms with Gasteiger partial charge in [0, 0.05) is 16.3 Å². The van der Waals surface area contributed by atoms with E-state index in [4.69, 9.17) is 11.6 Å². The fourth-order valence-corrected chi connectivity index (χ4v) is 2.16. The van der Waals surface area contributed by atoms with Crippen LogP contribution in [0.1, 0.15) is 16.7 Å². The van der Waals surface area contributed by atoms with Crippen molar-refractivity contribution in [2.24, 2.45) is 0 Å². The maximum Gasteiger partial charge on any atom is 0.228 e. The zero-order valence-corrected chi connectivity index (χ0v) is 12.1. The van der Waals surface area contributed by atoms with E-state index in [1.165, 1.54) is 12.1 Å². The number of rotatable bonds is 3. The van der Waals surface area contributed by atoms with Gasteiger partial charge in [-0.1, -0.05) is 29.8 Å². The highest BCUT2D eigenvalue weighted by molar-refractivity contribution is 6.31. The van der Waals surface area contributed by atoms with E-state index < -0.39 is 5.82 Å². The van der Waals surface area contributed by atoms with Crippen molar-refractivity contribution >= 4 is 23.2 Å². The predicted molar refractivity (Wildman–Crippen MR) is 79.7 cm³/mol. The van der Waals surface area contributed by atoms with Crippen molar-refractivity contribution in [1.29, 1.82) is 0 Å². The summed E-state index contributed by atoms with van der Waals surface area (Å²) in [5.74, 6) is -0.751. The second kappa shape index (κ2) is 6.06. The van der Waals surface area contributed by atoms with Crippen LogP contribution in [0.15, 0.2) is 36.4 Å². The summed E-state index contributed by atoms with van der Waals surface area (Å²) in [6, 6.07) is 10.2. The summed E-state index contributed by atoms with van der Waals surface area (Å²) < 4.78 is 13.6. The van der Waals surface area contributed by atoms with Gasteiger partial charge in [-0.2, -0.15) is 0 Å². The summed E-state index contributed by atoms with van der Waals surface area (Å²) in [5.41, 5.74) is 2.97. The molecule has 0 aliphatic rings. The Morgan fingerprint density at radius 1 is 1.25 bits per heavy atom. The minimum Gasteiger partial charge on any atom is -0.326 e. The Balaban J connectivity index is 2.15. The average Bonchev–Trinajstić information content (AvgIpc) is 2.38. The van der Waals surface area contributed by atoms with Gasteiger partial charge >= 0.3 is 0 Å². The van der Waals surface area contributed by atoms with E-state index in [0.29, 0.717) is 0 Å². The van der Waals surface area contributed by atoms with E-state index in [1.54, 1.807) is 6.07 Å². The topological polar surface area (TPSA) is 29.1 Å². The summed E-state index contributed by atoms with van der Waals surface area (Å²) in [5, 5.41) is 3.05. The molecule has 1 N–H and O–H groups in total. The quantitative estimate of drug-likeness (QED) is 0.898. The van der Waals surface area contributed by atoms with Gasteiger partial charge in [-0.25, -0.2) is 4.39 Å². The Bertz CT molecular complexity index is 635. The summed E-state index contributed by atoms with van der Waals surface area (Å²) in [7, 11) is 0. The number of carbonyl (C=O) groups is 1. The predicted octanol–water partition coefficient (Wildman–Crippen LogP) is 4.28. The van der Waals surface area contributed by atoms with Crippen molar-refractivity contribution in [3.05, 3.63) is 63.9 Å². The third-order valence-electron chi connectivity index (χ3n) is 3.07. The van der Waals surface area contributed by atoms with Crippen molar-refractivity contribution in [1.82, 2.24) is 0 Å². The maximum atomic E-state index is 13.6.